The van der Waals surface area contributed by atoms with Crippen molar-refractivity contribution >= 4 is 17.3 Å². The van der Waals surface area contributed by atoms with E-state index in [9.17, 15) is 10.1 Å². The standard InChI is InChI=1S/C12H16N6O2/c1-13-10-7-9(18(19)20)8-11(16-10)14-4-3-12-15-5-6-17(12)2/h5-8H,3-4H2,1-2H3,(H2,13,14,16). The van der Waals surface area contributed by atoms with Crippen LogP contribution < -0.4 is 10.6 Å². The van der Waals surface area contributed by atoms with E-state index >= 15 is 0 Å². The molecule has 106 valence electrons. The van der Waals surface area contributed by atoms with Crippen molar-refractivity contribution < 1.29 is 4.92 Å². The number of imidazole rings is 1. The molecule has 20 heavy (non-hydrogen) atoms. The molecule has 2 aromatic heterocycles. The number of nitro groups is 1. The Morgan fingerprint density at radius 1 is 1.40 bits per heavy atom. The zero-order valence-electron chi connectivity index (χ0n) is 11.3. The Hall–Kier alpha value is -2.64. The molecule has 8 heteroatoms. The van der Waals surface area contributed by atoms with E-state index in [2.05, 4.69) is 20.6 Å². The average Bonchev–Trinajstić information content (AvgIpc) is 2.84. The summed E-state index contributed by atoms with van der Waals surface area (Å²) in [6.45, 7) is 0.599. The van der Waals surface area contributed by atoms with Crippen molar-refractivity contribution in [2.45, 2.75) is 6.42 Å². The molecule has 0 saturated carbocycles. The SMILES string of the molecule is CNc1cc([N+](=O)[O-])cc(NCCc2nccn2C)n1. The number of nitrogens with zero attached hydrogens (tertiary/aromatic N) is 4. The van der Waals surface area contributed by atoms with Crippen molar-refractivity contribution in [3.8, 4) is 0 Å². The van der Waals surface area contributed by atoms with Crippen molar-refractivity contribution in [2.75, 3.05) is 24.2 Å². The van der Waals surface area contributed by atoms with Gasteiger partial charge in [0.15, 0.2) is 0 Å². The molecule has 0 aliphatic carbocycles. The third kappa shape index (κ3) is 3.22. The molecule has 0 aliphatic heterocycles. The van der Waals surface area contributed by atoms with Crippen molar-refractivity contribution in [1.29, 1.82) is 0 Å². The van der Waals surface area contributed by atoms with Crippen molar-refractivity contribution in [1.82, 2.24) is 14.5 Å². The van der Waals surface area contributed by atoms with E-state index in [0.29, 0.717) is 24.6 Å². The molecule has 0 atom stereocenters. The van der Waals surface area contributed by atoms with Crippen LogP contribution in [0.4, 0.5) is 17.3 Å². The monoisotopic (exact) mass is 276 g/mol. The van der Waals surface area contributed by atoms with E-state index in [1.807, 2.05) is 17.8 Å². The fourth-order valence-electron chi connectivity index (χ4n) is 1.78. The first-order valence-electron chi connectivity index (χ1n) is 6.14. The Bertz CT molecular complexity index is 610. The van der Waals surface area contributed by atoms with Gasteiger partial charge in [-0.15, -0.1) is 0 Å². The van der Waals surface area contributed by atoms with Gasteiger partial charge in [0, 0.05) is 39.5 Å². The van der Waals surface area contributed by atoms with Crippen LogP contribution in [0.25, 0.3) is 0 Å². The molecule has 2 heterocycles. The quantitative estimate of drug-likeness (QED) is 0.611. The molecule has 8 nitrogen and oxygen atoms in total. The van der Waals surface area contributed by atoms with E-state index in [1.165, 1.54) is 12.1 Å². The van der Waals surface area contributed by atoms with Crippen LogP contribution in [-0.4, -0.2) is 33.1 Å². The van der Waals surface area contributed by atoms with Gasteiger partial charge in [0.2, 0.25) is 0 Å². The second-order valence-electron chi connectivity index (χ2n) is 4.23. The van der Waals surface area contributed by atoms with Gasteiger partial charge >= 0.3 is 0 Å². The number of nitrogens with one attached hydrogen (secondary N) is 2. The van der Waals surface area contributed by atoms with Crippen LogP contribution in [0.15, 0.2) is 24.5 Å². The van der Waals surface area contributed by atoms with Crippen LogP contribution in [0.3, 0.4) is 0 Å². The summed E-state index contributed by atoms with van der Waals surface area (Å²) in [6, 6.07) is 2.81. The average molecular weight is 276 g/mol. The highest BCUT2D eigenvalue weighted by molar-refractivity contribution is 5.54. The first-order valence-corrected chi connectivity index (χ1v) is 6.14. The summed E-state index contributed by atoms with van der Waals surface area (Å²) in [5.41, 5.74) is 0.00356. The summed E-state index contributed by atoms with van der Waals surface area (Å²) in [6.07, 6.45) is 4.32. The molecule has 0 aliphatic rings. The minimum atomic E-state index is -0.438. The topological polar surface area (TPSA) is 97.9 Å². The van der Waals surface area contributed by atoms with Crippen LogP contribution in [0, 0.1) is 10.1 Å². The molecule has 0 amide bonds. The predicted octanol–water partition coefficient (Wildman–Crippen LogP) is 1.42. The Morgan fingerprint density at radius 3 is 2.75 bits per heavy atom. The third-order valence-electron chi connectivity index (χ3n) is 2.85. The highest BCUT2D eigenvalue weighted by Gasteiger charge is 2.10. The molecule has 2 rings (SSSR count). The molecule has 0 bridgehead atoms. The van der Waals surface area contributed by atoms with Gasteiger partial charge in [-0.05, 0) is 0 Å². The lowest BCUT2D eigenvalue weighted by atomic mass is 10.3. The molecule has 0 radical (unpaired) electrons. The lowest BCUT2D eigenvalue weighted by Crippen LogP contribution is -2.10. The Labute approximate surface area is 116 Å². The van der Waals surface area contributed by atoms with Gasteiger partial charge in [-0.25, -0.2) is 9.97 Å². The van der Waals surface area contributed by atoms with Gasteiger partial charge in [-0.3, -0.25) is 10.1 Å². The minimum absolute atomic E-state index is 0.00356. The molecule has 2 N–H and O–H groups in total. The second kappa shape index (κ2) is 6.00. The first-order chi connectivity index (χ1) is 9.60. The number of aromatic nitrogens is 3. The van der Waals surface area contributed by atoms with E-state index in [4.69, 9.17) is 0 Å². The largest absolute Gasteiger partial charge is 0.373 e. The Morgan fingerprint density at radius 2 is 2.15 bits per heavy atom. The van der Waals surface area contributed by atoms with Crippen molar-refractivity contribution in [3.63, 3.8) is 0 Å². The maximum Gasteiger partial charge on any atom is 0.276 e. The van der Waals surface area contributed by atoms with E-state index in [-0.39, 0.29) is 5.69 Å². The summed E-state index contributed by atoms with van der Waals surface area (Å²) in [7, 11) is 3.59. The minimum Gasteiger partial charge on any atom is -0.373 e. The number of aryl methyl sites for hydroxylation is 1. The Balaban J connectivity index is 2.03. The zero-order chi connectivity index (χ0) is 14.5. The molecule has 0 spiro atoms. The molecule has 0 unspecified atom stereocenters. The zero-order valence-corrected chi connectivity index (χ0v) is 11.3. The van der Waals surface area contributed by atoms with Gasteiger partial charge in [0.1, 0.15) is 17.5 Å². The van der Waals surface area contributed by atoms with Crippen LogP contribution >= 0.6 is 0 Å². The lowest BCUT2D eigenvalue weighted by molar-refractivity contribution is -0.384. The summed E-state index contributed by atoms with van der Waals surface area (Å²) in [5.74, 6) is 1.87. The van der Waals surface area contributed by atoms with Crippen LogP contribution in [-0.2, 0) is 13.5 Å². The first kappa shape index (κ1) is 13.8. The van der Waals surface area contributed by atoms with Gasteiger partial charge in [0.05, 0.1) is 17.1 Å². The number of hydrogen-bond acceptors (Lipinski definition) is 6. The maximum atomic E-state index is 10.8. The highest BCUT2D eigenvalue weighted by atomic mass is 16.6. The smallest absolute Gasteiger partial charge is 0.276 e. The second-order valence-corrected chi connectivity index (χ2v) is 4.23. The fourth-order valence-corrected chi connectivity index (χ4v) is 1.78. The number of hydrogen-bond donors (Lipinski definition) is 2. The summed E-state index contributed by atoms with van der Waals surface area (Å²) < 4.78 is 1.93. The van der Waals surface area contributed by atoms with E-state index < -0.39 is 4.92 Å². The van der Waals surface area contributed by atoms with Crippen LogP contribution in [0.2, 0.25) is 0 Å². The summed E-state index contributed by atoms with van der Waals surface area (Å²) in [5, 5.41) is 16.7. The summed E-state index contributed by atoms with van der Waals surface area (Å²) in [4.78, 5) is 18.8. The third-order valence-corrected chi connectivity index (χ3v) is 2.85. The molecule has 0 saturated heterocycles. The van der Waals surface area contributed by atoms with Crippen LogP contribution in [0.5, 0.6) is 0 Å². The molecular formula is C12H16N6O2. The Kier molecular flexibility index (Phi) is 4.14. The number of pyridine rings is 1. The molecule has 0 fully saturated rings. The van der Waals surface area contributed by atoms with Crippen molar-refractivity contribution in [2.24, 2.45) is 7.05 Å². The fraction of sp³-hybridized carbons (Fsp3) is 0.333. The van der Waals surface area contributed by atoms with Gasteiger partial charge in [-0.1, -0.05) is 0 Å². The lowest BCUT2D eigenvalue weighted by Gasteiger charge is -2.07. The van der Waals surface area contributed by atoms with E-state index in [1.54, 1.807) is 13.2 Å². The highest BCUT2D eigenvalue weighted by Crippen LogP contribution is 2.20. The maximum absolute atomic E-state index is 10.8. The molecular weight excluding hydrogens is 260 g/mol. The number of rotatable bonds is 6. The molecule has 2 aromatic rings. The molecule has 0 aromatic carbocycles. The predicted molar refractivity (Wildman–Crippen MR) is 75.8 cm³/mol. The van der Waals surface area contributed by atoms with Crippen LogP contribution in [0.1, 0.15) is 5.82 Å². The van der Waals surface area contributed by atoms with Gasteiger partial charge in [-0.2, -0.15) is 0 Å². The summed E-state index contributed by atoms with van der Waals surface area (Å²) >= 11 is 0. The van der Waals surface area contributed by atoms with Gasteiger partial charge < -0.3 is 15.2 Å². The number of anilines is 2. The normalized spacial score (nSPS) is 10.3. The van der Waals surface area contributed by atoms with E-state index in [0.717, 1.165) is 5.82 Å². The van der Waals surface area contributed by atoms with Gasteiger partial charge in [0.25, 0.3) is 5.69 Å². The van der Waals surface area contributed by atoms with Crippen molar-refractivity contribution in [3.05, 3.63) is 40.5 Å².